The predicted octanol–water partition coefficient (Wildman–Crippen LogP) is 6.58. The van der Waals surface area contributed by atoms with Crippen molar-refractivity contribution in [2.45, 2.75) is 32.7 Å². The third-order valence-electron chi connectivity index (χ3n) is 5.77. The Morgan fingerprint density at radius 1 is 0.935 bits per heavy atom. The molecule has 1 fully saturated rings. The zero-order chi connectivity index (χ0) is 21.5. The summed E-state index contributed by atoms with van der Waals surface area (Å²) < 4.78 is 11.5. The largest absolute Gasteiger partial charge is 0.457 e. The van der Waals surface area contributed by atoms with Crippen LogP contribution in [0.25, 0.3) is 0 Å². The highest BCUT2D eigenvalue weighted by molar-refractivity contribution is 5.63. The van der Waals surface area contributed by atoms with E-state index >= 15 is 0 Å². The molecule has 1 N–H and O–H groups in total. The number of para-hydroxylation sites is 1. The van der Waals surface area contributed by atoms with Crippen LogP contribution in [0.4, 0.5) is 11.4 Å². The molecular weight excluding hydrogens is 384 g/mol. The van der Waals surface area contributed by atoms with Gasteiger partial charge in [-0.3, -0.25) is 0 Å². The molecule has 1 saturated heterocycles. The normalized spacial score (nSPS) is 14.8. The number of aryl methyl sites for hydroxylation is 1. The van der Waals surface area contributed by atoms with Crippen LogP contribution in [0.2, 0.25) is 0 Å². The van der Waals surface area contributed by atoms with E-state index in [1.807, 2.05) is 30.3 Å². The van der Waals surface area contributed by atoms with Gasteiger partial charge in [-0.05, 0) is 60.9 Å². The number of morpholine rings is 1. The summed E-state index contributed by atoms with van der Waals surface area (Å²) in [6.45, 7) is 7.90. The van der Waals surface area contributed by atoms with Crippen LogP contribution in [-0.2, 0) is 4.74 Å². The van der Waals surface area contributed by atoms with Crippen LogP contribution in [0, 0.1) is 6.92 Å². The van der Waals surface area contributed by atoms with Crippen LogP contribution in [0.5, 0.6) is 11.5 Å². The molecule has 1 aliphatic rings. The van der Waals surface area contributed by atoms with Gasteiger partial charge in [-0.2, -0.15) is 0 Å². The summed E-state index contributed by atoms with van der Waals surface area (Å²) in [4.78, 5) is 2.40. The molecule has 4 heteroatoms. The van der Waals surface area contributed by atoms with Crippen LogP contribution < -0.4 is 15.0 Å². The topological polar surface area (TPSA) is 33.7 Å². The van der Waals surface area contributed by atoms with E-state index in [4.69, 9.17) is 9.47 Å². The first kappa shape index (κ1) is 21.3. The molecule has 0 saturated carbocycles. The second kappa shape index (κ2) is 10.4. The lowest BCUT2D eigenvalue weighted by Crippen LogP contribution is -2.36. The Bertz CT molecular complexity index is 951. The zero-order valence-electron chi connectivity index (χ0n) is 18.5. The molecule has 0 aliphatic carbocycles. The second-order valence-electron chi connectivity index (χ2n) is 8.07. The molecule has 1 aliphatic heterocycles. The molecule has 0 spiro atoms. The van der Waals surface area contributed by atoms with Gasteiger partial charge in [0, 0.05) is 24.5 Å². The summed E-state index contributed by atoms with van der Waals surface area (Å²) >= 11 is 0. The van der Waals surface area contributed by atoms with Crippen LogP contribution in [0.1, 0.15) is 36.9 Å². The van der Waals surface area contributed by atoms with Crippen molar-refractivity contribution >= 4 is 11.4 Å². The van der Waals surface area contributed by atoms with Crippen molar-refractivity contribution in [2.75, 3.05) is 36.5 Å². The highest BCUT2D eigenvalue weighted by Crippen LogP contribution is 2.31. The number of nitrogens with zero attached hydrogens (tertiary/aromatic N) is 1. The average Bonchev–Trinajstić information content (AvgIpc) is 2.82. The van der Waals surface area contributed by atoms with Crippen molar-refractivity contribution in [3.8, 4) is 11.5 Å². The fraction of sp³-hybridized carbons (Fsp3) is 0.333. The molecule has 0 aromatic heterocycles. The minimum atomic E-state index is 0.259. The number of nitrogens with one attached hydrogen (secondary N) is 1. The third-order valence-corrected chi connectivity index (χ3v) is 5.77. The van der Waals surface area contributed by atoms with Crippen molar-refractivity contribution in [2.24, 2.45) is 0 Å². The summed E-state index contributed by atoms with van der Waals surface area (Å²) in [6, 6.07) is 25.4. The summed E-state index contributed by atoms with van der Waals surface area (Å²) in [7, 11) is 0. The molecule has 31 heavy (non-hydrogen) atoms. The minimum absolute atomic E-state index is 0.259. The van der Waals surface area contributed by atoms with Gasteiger partial charge in [-0.15, -0.1) is 0 Å². The maximum atomic E-state index is 5.96. The van der Waals surface area contributed by atoms with E-state index in [2.05, 4.69) is 66.5 Å². The SMILES string of the molecule is CCCC(Nc1cc(N2CCOCC2)ccc1C)c1ccc(Oc2ccccc2)cc1. The monoisotopic (exact) mass is 416 g/mol. The lowest BCUT2D eigenvalue weighted by molar-refractivity contribution is 0.122. The van der Waals surface area contributed by atoms with Gasteiger partial charge in [0.1, 0.15) is 11.5 Å². The molecular formula is C27H32N2O2. The van der Waals surface area contributed by atoms with Gasteiger partial charge < -0.3 is 19.7 Å². The van der Waals surface area contributed by atoms with E-state index in [1.54, 1.807) is 0 Å². The number of rotatable bonds is 8. The van der Waals surface area contributed by atoms with Crippen molar-refractivity contribution in [1.82, 2.24) is 0 Å². The highest BCUT2D eigenvalue weighted by atomic mass is 16.5. The van der Waals surface area contributed by atoms with Crippen molar-refractivity contribution in [3.05, 3.63) is 83.9 Å². The fourth-order valence-electron chi connectivity index (χ4n) is 3.98. The van der Waals surface area contributed by atoms with Gasteiger partial charge in [0.25, 0.3) is 0 Å². The lowest BCUT2D eigenvalue weighted by atomic mass is 10.0. The first-order chi connectivity index (χ1) is 15.2. The molecule has 0 radical (unpaired) electrons. The molecule has 0 bridgehead atoms. The predicted molar refractivity (Wildman–Crippen MR) is 128 cm³/mol. The maximum absolute atomic E-state index is 5.96. The van der Waals surface area contributed by atoms with Gasteiger partial charge in [-0.1, -0.05) is 49.7 Å². The third kappa shape index (κ3) is 5.59. The van der Waals surface area contributed by atoms with E-state index < -0.39 is 0 Å². The molecule has 4 nitrogen and oxygen atoms in total. The van der Waals surface area contributed by atoms with Crippen molar-refractivity contribution in [3.63, 3.8) is 0 Å². The average molecular weight is 417 g/mol. The summed E-state index contributed by atoms with van der Waals surface area (Å²) in [6.07, 6.45) is 2.18. The Hall–Kier alpha value is -2.98. The Kier molecular flexibility index (Phi) is 7.11. The van der Waals surface area contributed by atoms with E-state index in [0.717, 1.165) is 50.6 Å². The maximum Gasteiger partial charge on any atom is 0.127 e. The molecule has 4 rings (SSSR count). The quantitative estimate of drug-likeness (QED) is 0.450. The zero-order valence-corrected chi connectivity index (χ0v) is 18.5. The van der Waals surface area contributed by atoms with Crippen LogP contribution >= 0.6 is 0 Å². The number of hydrogen-bond donors (Lipinski definition) is 1. The lowest BCUT2D eigenvalue weighted by Gasteiger charge is -2.30. The van der Waals surface area contributed by atoms with Crippen LogP contribution in [0.3, 0.4) is 0 Å². The standard InChI is InChI=1S/C27H32N2O2/c1-3-7-26(22-11-14-25(15-12-22)31-24-8-5-4-6-9-24)28-27-20-23(13-10-21(27)2)29-16-18-30-19-17-29/h4-6,8-15,20,26,28H,3,7,16-19H2,1-2H3. The molecule has 162 valence electrons. The van der Waals surface area contributed by atoms with Gasteiger partial charge in [0.15, 0.2) is 0 Å². The van der Waals surface area contributed by atoms with Gasteiger partial charge in [0.05, 0.1) is 19.3 Å². The Morgan fingerprint density at radius 2 is 1.65 bits per heavy atom. The molecule has 0 amide bonds. The summed E-state index contributed by atoms with van der Waals surface area (Å²) in [5, 5.41) is 3.81. The number of benzene rings is 3. The van der Waals surface area contributed by atoms with Crippen molar-refractivity contribution in [1.29, 1.82) is 0 Å². The molecule has 1 heterocycles. The molecule has 3 aromatic rings. The van der Waals surface area contributed by atoms with E-state index in [0.29, 0.717) is 0 Å². The first-order valence-corrected chi connectivity index (χ1v) is 11.3. The first-order valence-electron chi connectivity index (χ1n) is 11.3. The number of ether oxygens (including phenoxy) is 2. The van der Waals surface area contributed by atoms with E-state index in [1.165, 1.54) is 22.5 Å². The number of hydrogen-bond acceptors (Lipinski definition) is 4. The van der Waals surface area contributed by atoms with Crippen LogP contribution in [-0.4, -0.2) is 26.3 Å². The Morgan fingerprint density at radius 3 is 2.35 bits per heavy atom. The Balaban J connectivity index is 1.50. The Labute approximate surface area is 185 Å². The van der Waals surface area contributed by atoms with Crippen LogP contribution in [0.15, 0.2) is 72.8 Å². The smallest absolute Gasteiger partial charge is 0.127 e. The van der Waals surface area contributed by atoms with Crippen molar-refractivity contribution < 1.29 is 9.47 Å². The summed E-state index contributed by atoms with van der Waals surface area (Å²) in [5.74, 6) is 1.71. The van der Waals surface area contributed by atoms with Gasteiger partial charge >= 0.3 is 0 Å². The van der Waals surface area contributed by atoms with E-state index in [-0.39, 0.29) is 6.04 Å². The summed E-state index contributed by atoms with van der Waals surface area (Å²) in [5.41, 5.74) is 5.01. The molecule has 3 aromatic carbocycles. The minimum Gasteiger partial charge on any atom is -0.457 e. The molecule has 1 unspecified atom stereocenters. The van der Waals surface area contributed by atoms with Gasteiger partial charge in [0.2, 0.25) is 0 Å². The second-order valence-corrected chi connectivity index (χ2v) is 8.07. The number of anilines is 2. The van der Waals surface area contributed by atoms with E-state index in [9.17, 15) is 0 Å². The molecule has 1 atom stereocenters. The fourth-order valence-corrected chi connectivity index (χ4v) is 3.98. The highest BCUT2D eigenvalue weighted by Gasteiger charge is 2.15. The van der Waals surface area contributed by atoms with Gasteiger partial charge in [-0.25, -0.2) is 0 Å².